The molecule has 20 heavy (non-hydrogen) atoms. The molecule has 1 aromatic carbocycles. The highest BCUT2D eigenvalue weighted by Crippen LogP contribution is 2.19. The maximum Gasteiger partial charge on any atom is 0.162 e. The normalized spacial score (nSPS) is 14.7. The van der Waals surface area contributed by atoms with E-state index in [1.165, 1.54) is 12.8 Å². The van der Waals surface area contributed by atoms with Gasteiger partial charge in [0, 0.05) is 23.7 Å². The summed E-state index contributed by atoms with van der Waals surface area (Å²) in [6, 6.07) is 10.2. The van der Waals surface area contributed by atoms with Gasteiger partial charge in [0.15, 0.2) is 5.76 Å². The Morgan fingerprint density at radius 1 is 1.25 bits per heavy atom. The first-order chi connectivity index (χ1) is 9.79. The highest BCUT2D eigenvalue weighted by atomic mass is 35.5. The van der Waals surface area contributed by atoms with Gasteiger partial charge in [-0.05, 0) is 30.5 Å². The molecule has 1 aliphatic carbocycles. The van der Waals surface area contributed by atoms with Gasteiger partial charge in [-0.2, -0.15) is 0 Å². The van der Waals surface area contributed by atoms with Crippen molar-refractivity contribution in [3.05, 3.63) is 52.4 Å². The molecule has 106 valence electrons. The molecule has 1 aromatic heterocycles. The lowest BCUT2D eigenvalue weighted by Crippen LogP contribution is -2.15. The van der Waals surface area contributed by atoms with E-state index in [1.54, 1.807) is 0 Å². The van der Waals surface area contributed by atoms with Gasteiger partial charge in [-0.1, -0.05) is 28.9 Å². The fourth-order valence-corrected chi connectivity index (χ4v) is 2.02. The van der Waals surface area contributed by atoms with Gasteiger partial charge in [0.05, 0.1) is 12.3 Å². The van der Waals surface area contributed by atoms with Crippen LogP contribution >= 0.6 is 11.6 Å². The van der Waals surface area contributed by atoms with E-state index in [9.17, 15) is 0 Å². The Morgan fingerprint density at radius 2 is 2.05 bits per heavy atom. The first-order valence-electron chi connectivity index (χ1n) is 6.79. The molecule has 1 heterocycles. The molecular formula is C15H17ClN2O2. The molecule has 0 amide bonds. The molecule has 1 saturated carbocycles. The van der Waals surface area contributed by atoms with E-state index in [0.717, 1.165) is 28.6 Å². The number of hydrogen-bond acceptors (Lipinski definition) is 4. The van der Waals surface area contributed by atoms with Gasteiger partial charge in [0.25, 0.3) is 0 Å². The van der Waals surface area contributed by atoms with Crippen molar-refractivity contribution >= 4 is 11.6 Å². The van der Waals surface area contributed by atoms with Gasteiger partial charge < -0.3 is 14.6 Å². The third-order valence-corrected chi connectivity index (χ3v) is 3.44. The van der Waals surface area contributed by atoms with Gasteiger partial charge in [-0.3, -0.25) is 0 Å². The Bertz CT molecular complexity index is 549. The molecule has 0 atom stereocenters. The van der Waals surface area contributed by atoms with Crippen LogP contribution in [0, 0.1) is 0 Å². The van der Waals surface area contributed by atoms with Crippen LogP contribution in [0.5, 0.6) is 0 Å². The summed E-state index contributed by atoms with van der Waals surface area (Å²) in [6.07, 6.45) is 2.55. The Hall–Kier alpha value is -1.36. The zero-order valence-corrected chi connectivity index (χ0v) is 11.9. The Balaban J connectivity index is 1.42. The van der Waals surface area contributed by atoms with Crippen LogP contribution in [0.3, 0.4) is 0 Å². The largest absolute Gasteiger partial charge is 0.369 e. The summed E-state index contributed by atoms with van der Waals surface area (Å²) in [5.41, 5.74) is 2.02. The Kier molecular flexibility index (Phi) is 4.35. The smallest absolute Gasteiger partial charge is 0.162 e. The van der Waals surface area contributed by atoms with Crippen LogP contribution in [-0.4, -0.2) is 11.2 Å². The van der Waals surface area contributed by atoms with Gasteiger partial charge >= 0.3 is 0 Å². The van der Waals surface area contributed by atoms with Crippen LogP contribution in [0.25, 0.3) is 0 Å². The zero-order valence-electron chi connectivity index (χ0n) is 11.1. The van der Waals surface area contributed by atoms with Crippen LogP contribution in [0.2, 0.25) is 5.02 Å². The molecule has 0 saturated heterocycles. The van der Waals surface area contributed by atoms with E-state index in [4.69, 9.17) is 20.9 Å². The number of aromatic nitrogens is 1. The zero-order chi connectivity index (χ0) is 13.8. The van der Waals surface area contributed by atoms with Crippen LogP contribution in [0.15, 0.2) is 34.9 Å². The lowest BCUT2D eigenvalue weighted by atomic mass is 10.2. The van der Waals surface area contributed by atoms with Crippen molar-refractivity contribution < 1.29 is 9.26 Å². The molecular weight excluding hydrogens is 276 g/mol. The van der Waals surface area contributed by atoms with Crippen molar-refractivity contribution in [2.24, 2.45) is 0 Å². The number of hydrogen-bond donors (Lipinski definition) is 1. The summed E-state index contributed by atoms with van der Waals surface area (Å²) in [4.78, 5) is 0. The maximum atomic E-state index is 5.83. The van der Waals surface area contributed by atoms with Crippen molar-refractivity contribution in [2.75, 3.05) is 0 Å². The second-order valence-corrected chi connectivity index (χ2v) is 5.50. The fourth-order valence-electron chi connectivity index (χ4n) is 1.89. The number of halogens is 1. The molecule has 1 aliphatic rings. The van der Waals surface area contributed by atoms with E-state index in [0.29, 0.717) is 19.3 Å². The summed E-state index contributed by atoms with van der Waals surface area (Å²) >= 11 is 5.83. The molecule has 3 rings (SSSR count). The lowest BCUT2D eigenvalue weighted by molar-refractivity contribution is 0.0883. The molecule has 0 bridgehead atoms. The number of nitrogens with zero attached hydrogens (tertiary/aromatic N) is 1. The minimum absolute atomic E-state index is 0.430. The third kappa shape index (κ3) is 4.07. The molecule has 0 radical (unpaired) electrons. The summed E-state index contributed by atoms with van der Waals surface area (Å²) in [5, 5.41) is 8.15. The molecule has 0 aliphatic heterocycles. The molecule has 1 fully saturated rings. The SMILES string of the molecule is Clc1ccc(COCc2cc(CNC3CC3)no2)cc1. The van der Waals surface area contributed by atoms with Crippen LogP contribution in [-0.2, 0) is 24.5 Å². The summed E-state index contributed by atoms with van der Waals surface area (Å²) in [6.45, 7) is 1.73. The van der Waals surface area contributed by atoms with Gasteiger partial charge in [-0.25, -0.2) is 0 Å². The first-order valence-corrected chi connectivity index (χ1v) is 7.17. The van der Waals surface area contributed by atoms with Crippen molar-refractivity contribution in [1.29, 1.82) is 0 Å². The lowest BCUT2D eigenvalue weighted by Gasteiger charge is -2.01. The van der Waals surface area contributed by atoms with Crippen molar-refractivity contribution in [2.45, 2.75) is 38.6 Å². The molecule has 2 aromatic rings. The van der Waals surface area contributed by atoms with E-state index < -0.39 is 0 Å². The van der Waals surface area contributed by atoms with E-state index in [2.05, 4.69) is 10.5 Å². The Labute approximate surface area is 123 Å². The average molecular weight is 293 g/mol. The topological polar surface area (TPSA) is 47.3 Å². The Morgan fingerprint density at radius 3 is 2.80 bits per heavy atom. The molecule has 0 unspecified atom stereocenters. The fraction of sp³-hybridized carbons (Fsp3) is 0.400. The van der Waals surface area contributed by atoms with E-state index >= 15 is 0 Å². The quantitative estimate of drug-likeness (QED) is 0.850. The summed E-state index contributed by atoms with van der Waals surface area (Å²) in [7, 11) is 0. The number of benzene rings is 1. The molecule has 5 heteroatoms. The number of ether oxygens (including phenoxy) is 1. The standard InChI is InChI=1S/C15H17ClN2O2/c16-12-3-1-11(2-4-12)9-19-10-15-7-14(18-20-15)8-17-13-5-6-13/h1-4,7,13,17H,5-6,8-10H2. The molecule has 0 spiro atoms. The van der Waals surface area contributed by atoms with Gasteiger partial charge in [0.2, 0.25) is 0 Å². The second kappa shape index (κ2) is 6.39. The van der Waals surface area contributed by atoms with Crippen LogP contribution in [0.4, 0.5) is 0 Å². The maximum absolute atomic E-state index is 5.83. The first kappa shape index (κ1) is 13.6. The van der Waals surface area contributed by atoms with Crippen LogP contribution in [0.1, 0.15) is 29.9 Å². The van der Waals surface area contributed by atoms with Crippen molar-refractivity contribution in [1.82, 2.24) is 10.5 Å². The average Bonchev–Trinajstić information content (AvgIpc) is 3.18. The number of nitrogens with one attached hydrogen (secondary N) is 1. The monoisotopic (exact) mass is 292 g/mol. The predicted octanol–water partition coefficient (Wildman–Crippen LogP) is 3.30. The van der Waals surface area contributed by atoms with E-state index in [1.807, 2.05) is 30.3 Å². The summed E-state index contributed by atoms with van der Waals surface area (Å²) in [5.74, 6) is 0.756. The minimum atomic E-state index is 0.430. The second-order valence-electron chi connectivity index (χ2n) is 5.06. The summed E-state index contributed by atoms with van der Waals surface area (Å²) < 4.78 is 10.8. The van der Waals surface area contributed by atoms with Crippen molar-refractivity contribution in [3.63, 3.8) is 0 Å². The van der Waals surface area contributed by atoms with Gasteiger partial charge in [-0.15, -0.1) is 0 Å². The third-order valence-electron chi connectivity index (χ3n) is 3.18. The van der Waals surface area contributed by atoms with Crippen molar-refractivity contribution in [3.8, 4) is 0 Å². The van der Waals surface area contributed by atoms with Crippen LogP contribution < -0.4 is 5.32 Å². The highest BCUT2D eigenvalue weighted by Gasteiger charge is 2.20. The predicted molar refractivity (Wildman–Crippen MR) is 76.3 cm³/mol. The highest BCUT2D eigenvalue weighted by molar-refractivity contribution is 6.30. The van der Waals surface area contributed by atoms with Gasteiger partial charge in [0.1, 0.15) is 6.61 Å². The molecule has 1 N–H and O–H groups in total. The van der Waals surface area contributed by atoms with E-state index in [-0.39, 0.29) is 0 Å². The molecule has 4 nitrogen and oxygen atoms in total. The minimum Gasteiger partial charge on any atom is -0.369 e. The number of rotatable bonds is 7.